The molecule has 0 saturated carbocycles. The Kier molecular flexibility index (Phi) is 2.62. The Morgan fingerprint density at radius 2 is 1.76 bits per heavy atom. The molecule has 0 amide bonds. The van der Waals surface area contributed by atoms with Crippen molar-refractivity contribution in [1.29, 1.82) is 5.41 Å². The molecule has 0 saturated heterocycles. The minimum absolute atomic E-state index is 0.0398. The first-order valence-electron chi connectivity index (χ1n) is 6.47. The Bertz CT molecular complexity index is 1090. The fourth-order valence-electron chi connectivity index (χ4n) is 2.60. The zero-order valence-electron chi connectivity index (χ0n) is 12.3. The third-order valence-corrected chi connectivity index (χ3v) is 3.68. The van der Waals surface area contributed by atoms with Gasteiger partial charge in [-0.2, -0.15) is 0 Å². The number of nitrogens with zero attached hydrogens (tertiary/aromatic N) is 4. The molecule has 7 heteroatoms. The number of hydrogen-bond acceptors (Lipinski definition) is 4. The van der Waals surface area contributed by atoms with Crippen molar-refractivity contribution in [3.05, 3.63) is 49.7 Å². The first-order valence-corrected chi connectivity index (χ1v) is 6.47. The van der Waals surface area contributed by atoms with Crippen molar-refractivity contribution in [2.75, 3.05) is 0 Å². The van der Waals surface area contributed by atoms with Gasteiger partial charge in [-0.3, -0.25) is 23.7 Å². The van der Waals surface area contributed by atoms with Crippen molar-refractivity contribution >= 4 is 16.7 Å². The van der Waals surface area contributed by atoms with Gasteiger partial charge in [-0.15, -0.1) is 0 Å². The van der Waals surface area contributed by atoms with Crippen molar-refractivity contribution < 1.29 is 0 Å². The van der Waals surface area contributed by atoms with Crippen LogP contribution in [0.1, 0.15) is 11.1 Å². The largest absolute Gasteiger partial charge is 0.332 e. The van der Waals surface area contributed by atoms with Crippen LogP contribution in [0.25, 0.3) is 16.7 Å². The number of pyridine rings is 1. The van der Waals surface area contributed by atoms with Gasteiger partial charge in [-0.05, 0) is 25.0 Å². The van der Waals surface area contributed by atoms with Crippen molar-refractivity contribution in [2.24, 2.45) is 14.1 Å². The molecule has 3 aromatic rings. The van der Waals surface area contributed by atoms with Gasteiger partial charge in [0.2, 0.25) is 0 Å². The lowest BCUT2D eigenvalue weighted by molar-refractivity contribution is 0.703. The zero-order chi connectivity index (χ0) is 15.5. The van der Waals surface area contributed by atoms with Crippen LogP contribution in [0.5, 0.6) is 0 Å². The highest BCUT2D eigenvalue weighted by Crippen LogP contribution is 2.10. The maximum absolute atomic E-state index is 12.3. The van der Waals surface area contributed by atoms with Gasteiger partial charge in [0.25, 0.3) is 5.56 Å². The molecule has 3 rings (SSSR count). The van der Waals surface area contributed by atoms with Gasteiger partial charge < -0.3 is 0 Å². The highest BCUT2D eigenvalue weighted by Gasteiger charge is 2.14. The monoisotopic (exact) mass is 285 g/mol. The Labute approximate surface area is 119 Å². The second-order valence-electron chi connectivity index (χ2n) is 5.26. The molecular formula is C14H15N5O2. The Hall–Kier alpha value is -2.70. The predicted molar refractivity (Wildman–Crippen MR) is 78.5 cm³/mol. The van der Waals surface area contributed by atoms with E-state index >= 15 is 0 Å². The van der Waals surface area contributed by atoms with E-state index in [1.165, 1.54) is 11.6 Å². The van der Waals surface area contributed by atoms with Crippen LogP contribution in [0, 0.1) is 19.3 Å². The molecule has 0 spiro atoms. The normalized spacial score (nSPS) is 11.4. The van der Waals surface area contributed by atoms with Gasteiger partial charge in [0.15, 0.2) is 5.65 Å². The fourth-order valence-corrected chi connectivity index (χ4v) is 2.60. The summed E-state index contributed by atoms with van der Waals surface area (Å²) in [6.07, 6.45) is 1.77. The summed E-state index contributed by atoms with van der Waals surface area (Å²) < 4.78 is 3.88. The Morgan fingerprint density at radius 3 is 2.43 bits per heavy atom. The standard InChI is InChI=1S/C14H15N5O2/c1-7-5-8(2)11-16-12-9(10(15)19(11)6-7)13(20)18(4)14(21)17(12)3/h5-6,15H,1-4H3. The summed E-state index contributed by atoms with van der Waals surface area (Å²) in [5.74, 6) is 0. The van der Waals surface area contributed by atoms with Crippen LogP contribution in [-0.2, 0) is 14.1 Å². The molecule has 0 unspecified atom stereocenters. The lowest BCUT2D eigenvalue weighted by Crippen LogP contribution is -2.40. The Morgan fingerprint density at radius 1 is 1.10 bits per heavy atom. The minimum Gasteiger partial charge on any atom is -0.285 e. The van der Waals surface area contributed by atoms with Crippen LogP contribution in [0.15, 0.2) is 21.9 Å². The molecule has 0 bridgehead atoms. The second-order valence-corrected chi connectivity index (χ2v) is 5.26. The molecule has 0 aliphatic heterocycles. The van der Waals surface area contributed by atoms with Crippen LogP contribution in [0.4, 0.5) is 0 Å². The maximum atomic E-state index is 12.3. The highest BCUT2D eigenvalue weighted by atomic mass is 16.2. The predicted octanol–water partition coefficient (Wildman–Crippen LogP) is -0.0188. The molecule has 0 aromatic carbocycles. The molecule has 0 atom stereocenters. The quantitative estimate of drug-likeness (QED) is 0.589. The van der Waals surface area contributed by atoms with Gasteiger partial charge in [-0.25, -0.2) is 9.78 Å². The van der Waals surface area contributed by atoms with Crippen LogP contribution in [0.3, 0.4) is 0 Å². The summed E-state index contributed by atoms with van der Waals surface area (Å²) in [4.78, 5) is 28.8. The average molecular weight is 285 g/mol. The van der Waals surface area contributed by atoms with Crippen LogP contribution in [-0.4, -0.2) is 18.5 Å². The summed E-state index contributed by atoms with van der Waals surface area (Å²) in [6.45, 7) is 3.81. The molecule has 0 radical (unpaired) electrons. The van der Waals surface area contributed by atoms with Crippen LogP contribution < -0.4 is 16.7 Å². The molecule has 7 nitrogen and oxygen atoms in total. The van der Waals surface area contributed by atoms with E-state index in [1.54, 1.807) is 17.6 Å². The van der Waals surface area contributed by atoms with Gasteiger partial charge in [0.1, 0.15) is 16.5 Å². The van der Waals surface area contributed by atoms with Crippen LogP contribution >= 0.6 is 0 Å². The van der Waals surface area contributed by atoms with E-state index in [0.717, 1.165) is 15.7 Å². The summed E-state index contributed by atoms with van der Waals surface area (Å²) in [5.41, 5.74) is 1.76. The van der Waals surface area contributed by atoms with Crippen LogP contribution in [0.2, 0.25) is 0 Å². The molecule has 1 N–H and O–H groups in total. The minimum atomic E-state index is -0.501. The van der Waals surface area contributed by atoms with E-state index in [2.05, 4.69) is 4.98 Å². The molecule has 0 aliphatic carbocycles. The zero-order valence-corrected chi connectivity index (χ0v) is 12.3. The average Bonchev–Trinajstić information content (AvgIpc) is 2.43. The summed E-state index contributed by atoms with van der Waals surface area (Å²) >= 11 is 0. The molecule has 108 valence electrons. The summed E-state index contributed by atoms with van der Waals surface area (Å²) in [5, 5.41) is 8.47. The number of rotatable bonds is 0. The summed E-state index contributed by atoms with van der Waals surface area (Å²) in [6, 6.07) is 1.95. The van der Waals surface area contributed by atoms with E-state index in [9.17, 15) is 9.59 Å². The molecule has 0 aliphatic rings. The van der Waals surface area contributed by atoms with Gasteiger partial charge in [0, 0.05) is 20.3 Å². The van der Waals surface area contributed by atoms with Crippen molar-refractivity contribution in [1.82, 2.24) is 18.5 Å². The Balaban J connectivity index is 2.78. The van der Waals surface area contributed by atoms with Crippen molar-refractivity contribution in [3.8, 4) is 0 Å². The second kappa shape index (κ2) is 4.15. The topological polar surface area (TPSA) is 85.2 Å². The smallest absolute Gasteiger partial charge is 0.285 e. The fraction of sp³-hybridized carbons (Fsp3) is 0.286. The van der Waals surface area contributed by atoms with Gasteiger partial charge in [-0.1, -0.05) is 6.07 Å². The van der Waals surface area contributed by atoms with Crippen molar-refractivity contribution in [3.63, 3.8) is 0 Å². The molecule has 3 aromatic heterocycles. The molecule has 21 heavy (non-hydrogen) atoms. The third kappa shape index (κ3) is 1.67. The number of nitrogens with one attached hydrogen (secondary N) is 1. The lowest BCUT2D eigenvalue weighted by atomic mass is 10.2. The first-order chi connectivity index (χ1) is 9.82. The van der Waals surface area contributed by atoms with Gasteiger partial charge in [0.05, 0.1) is 0 Å². The van der Waals surface area contributed by atoms with Crippen molar-refractivity contribution in [2.45, 2.75) is 13.8 Å². The summed E-state index contributed by atoms with van der Waals surface area (Å²) in [7, 11) is 2.95. The first kappa shape index (κ1) is 13.3. The van der Waals surface area contributed by atoms with E-state index in [-0.39, 0.29) is 16.5 Å². The number of aromatic nitrogens is 4. The SMILES string of the molecule is Cc1cc(C)c2nc3c(c(=O)n(C)c(=O)n3C)c(=N)n2c1. The number of aryl methyl sites for hydroxylation is 3. The lowest BCUT2D eigenvalue weighted by Gasteiger charge is -2.11. The molecular weight excluding hydrogens is 270 g/mol. The van der Waals surface area contributed by atoms with E-state index < -0.39 is 11.2 Å². The van der Waals surface area contributed by atoms with E-state index in [1.807, 2.05) is 19.9 Å². The molecule has 0 fully saturated rings. The number of hydrogen-bond donors (Lipinski definition) is 1. The van der Waals surface area contributed by atoms with Gasteiger partial charge >= 0.3 is 5.69 Å². The highest BCUT2D eigenvalue weighted by molar-refractivity contribution is 5.75. The van der Waals surface area contributed by atoms with E-state index in [4.69, 9.17) is 5.41 Å². The molecule has 3 heterocycles. The third-order valence-electron chi connectivity index (χ3n) is 3.68. The van der Waals surface area contributed by atoms with E-state index in [0.29, 0.717) is 5.65 Å². The number of fused-ring (bicyclic) bond motifs is 2. The maximum Gasteiger partial charge on any atom is 0.332 e.